The van der Waals surface area contributed by atoms with Crippen molar-refractivity contribution in [2.45, 2.75) is 37.0 Å². The van der Waals surface area contributed by atoms with Crippen LogP contribution in [0.25, 0.3) is 0 Å². The van der Waals surface area contributed by atoms with Crippen molar-refractivity contribution in [2.75, 3.05) is 37.3 Å². The maximum Gasteiger partial charge on any atom is 0.394 e. The molecule has 2 heterocycles. The molecule has 0 saturated carbocycles. The summed E-state index contributed by atoms with van der Waals surface area (Å²) in [4.78, 5) is 20.2. The van der Waals surface area contributed by atoms with Crippen LogP contribution < -0.4 is 4.90 Å². The number of nitrogens with zero attached hydrogens (tertiary/aromatic N) is 3. The van der Waals surface area contributed by atoms with Gasteiger partial charge >= 0.3 is 12.4 Å². The summed E-state index contributed by atoms with van der Waals surface area (Å²) in [5.41, 5.74) is -0.123. The lowest BCUT2D eigenvalue weighted by Crippen LogP contribution is -2.49. The van der Waals surface area contributed by atoms with E-state index in [9.17, 15) is 39.6 Å². The Kier molecular flexibility index (Phi) is 7.75. The average Bonchev–Trinajstić information content (AvgIpc) is 3.19. The van der Waals surface area contributed by atoms with Crippen LogP contribution in [0.15, 0.2) is 28.5 Å². The van der Waals surface area contributed by atoms with E-state index in [1.807, 2.05) is 0 Å². The lowest BCUT2D eigenvalue weighted by atomic mass is 9.95. The van der Waals surface area contributed by atoms with E-state index in [0.29, 0.717) is 5.13 Å². The molecule has 0 radical (unpaired) electrons. The van der Waals surface area contributed by atoms with Crippen LogP contribution in [0, 0.1) is 5.92 Å². The summed E-state index contributed by atoms with van der Waals surface area (Å²) < 4.78 is 101. The fraction of sp³-hybridized carbons (Fsp3) is 0.524. The Morgan fingerprint density at radius 1 is 1.11 bits per heavy atom. The summed E-state index contributed by atoms with van der Waals surface area (Å²) in [5, 5.41) is 1.71. The summed E-state index contributed by atoms with van der Waals surface area (Å²) in [7, 11) is -3.71. The van der Waals surface area contributed by atoms with Crippen molar-refractivity contribution in [1.29, 1.82) is 0 Å². The Morgan fingerprint density at radius 2 is 1.74 bits per heavy atom. The van der Waals surface area contributed by atoms with E-state index in [4.69, 9.17) is 0 Å². The molecule has 1 amide bonds. The number of aromatic nitrogens is 1. The Labute approximate surface area is 202 Å². The first kappa shape index (κ1) is 27.2. The first-order valence-electron chi connectivity index (χ1n) is 10.5. The molecule has 1 aromatic heterocycles. The number of amides is 1. The van der Waals surface area contributed by atoms with Crippen molar-refractivity contribution in [1.82, 2.24) is 9.88 Å². The predicted molar refractivity (Wildman–Crippen MR) is 118 cm³/mol. The zero-order valence-corrected chi connectivity index (χ0v) is 20.4. The largest absolute Gasteiger partial charge is 0.394 e. The number of alkyl halides is 6. The van der Waals surface area contributed by atoms with Gasteiger partial charge in [0.25, 0.3) is 5.91 Å². The number of carbonyl (C=O) groups is 1. The van der Waals surface area contributed by atoms with Crippen molar-refractivity contribution in [3.63, 3.8) is 0 Å². The number of halogens is 6. The normalized spacial score (nSPS) is 16.5. The lowest BCUT2D eigenvalue weighted by molar-refractivity contribution is -0.169. The molecule has 1 aliphatic rings. The van der Waals surface area contributed by atoms with Crippen molar-refractivity contribution < 1.29 is 39.6 Å². The van der Waals surface area contributed by atoms with Crippen LogP contribution in [0.3, 0.4) is 0 Å². The number of hydrogen-bond donors (Lipinski definition) is 0. The molecule has 1 unspecified atom stereocenters. The minimum absolute atomic E-state index is 0.0892. The molecule has 6 nitrogen and oxygen atoms in total. The highest BCUT2D eigenvalue weighted by Crippen LogP contribution is 2.31. The monoisotopic (exact) mass is 543 g/mol. The van der Waals surface area contributed by atoms with Gasteiger partial charge in [-0.25, -0.2) is 13.4 Å². The van der Waals surface area contributed by atoms with Crippen molar-refractivity contribution in [3.05, 3.63) is 40.4 Å². The summed E-state index contributed by atoms with van der Waals surface area (Å²) in [6.07, 6.45) is -9.56. The molecule has 1 fully saturated rings. The molecule has 35 heavy (non-hydrogen) atoms. The van der Waals surface area contributed by atoms with E-state index in [1.165, 1.54) is 22.4 Å². The van der Waals surface area contributed by atoms with Gasteiger partial charge in [0.05, 0.1) is 22.9 Å². The Bertz CT molecular complexity index is 1170. The van der Waals surface area contributed by atoms with Gasteiger partial charge in [0.2, 0.25) is 0 Å². The number of benzene rings is 1. The molecular formula is C21H23F6N3O3S2. The van der Waals surface area contributed by atoms with E-state index in [2.05, 4.69) is 4.98 Å². The van der Waals surface area contributed by atoms with Crippen LogP contribution in [0.4, 0.5) is 31.5 Å². The van der Waals surface area contributed by atoms with Crippen LogP contribution in [-0.2, 0) is 22.7 Å². The fourth-order valence-electron chi connectivity index (χ4n) is 3.61. The van der Waals surface area contributed by atoms with Gasteiger partial charge in [0, 0.05) is 43.4 Å². The number of thiazole rings is 1. The summed E-state index contributed by atoms with van der Waals surface area (Å²) in [6, 6.07) is 3.52. The fourth-order valence-corrected chi connectivity index (χ4v) is 5.13. The van der Waals surface area contributed by atoms with E-state index in [1.54, 1.807) is 4.90 Å². The minimum atomic E-state index is -4.49. The molecule has 1 saturated heterocycles. The van der Waals surface area contributed by atoms with Gasteiger partial charge in [-0.1, -0.05) is 13.0 Å². The van der Waals surface area contributed by atoms with Gasteiger partial charge in [0.15, 0.2) is 15.0 Å². The molecule has 0 aliphatic carbocycles. The Hall–Kier alpha value is -2.35. The number of carbonyl (C=O) groups excluding carboxylic acids is 1. The third kappa shape index (κ3) is 7.09. The molecule has 0 N–H and O–H groups in total. The standard InChI is InChI=1S/C21H23F6N3O3S2/c1-13(21(25,26)27)9-14-3-4-16(35(2,32)33)10-17(14)18(31)29-5-7-30(8-6-29)19-28-15(12-34-19)11-20(22,23)24/h3-4,10,12-13H,5-9,11H2,1-2H3. The van der Waals surface area contributed by atoms with Gasteiger partial charge in [-0.2, -0.15) is 26.3 Å². The number of anilines is 1. The molecule has 0 bridgehead atoms. The molecule has 1 aromatic carbocycles. The van der Waals surface area contributed by atoms with Gasteiger partial charge < -0.3 is 9.80 Å². The highest BCUT2D eigenvalue weighted by Gasteiger charge is 2.37. The second kappa shape index (κ2) is 9.96. The third-order valence-corrected chi connectivity index (χ3v) is 7.64. The average molecular weight is 544 g/mol. The zero-order chi connectivity index (χ0) is 26.2. The molecule has 1 atom stereocenters. The SMILES string of the molecule is CC(Cc1ccc(S(C)(=O)=O)cc1C(=O)N1CCN(c2nc(CC(F)(F)F)cs2)CC1)C(F)(F)F. The molecule has 0 spiro atoms. The summed E-state index contributed by atoms with van der Waals surface area (Å²) in [6.45, 7) is 1.78. The number of hydrogen-bond acceptors (Lipinski definition) is 6. The molecule has 1 aliphatic heterocycles. The highest BCUT2D eigenvalue weighted by atomic mass is 32.2. The maximum atomic E-state index is 13.2. The van der Waals surface area contributed by atoms with E-state index in [0.717, 1.165) is 30.6 Å². The van der Waals surface area contributed by atoms with Gasteiger partial charge in [-0.3, -0.25) is 4.79 Å². The van der Waals surface area contributed by atoms with Crippen LogP contribution >= 0.6 is 11.3 Å². The summed E-state index contributed by atoms with van der Waals surface area (Å²) in [5.74, 6) is -2.35. The van der Waals surface area contributed by atoms with Gasteiger partial charge in [-0.05, 0) is 24.1 Å². The van der Waals surface area contributed by atoms with E-state index >= 15 is 0 Å². The zero-order valence-electron chi connectivity index (χ0n) is 18.8. The van der Waals surface area contributed by atoms with Crippen LogP contribution in [0.5, 0.6) is 0 Å². The van der Waals surface area contributed by atoms with Gasteiger partial charge in [-0.15, -0.1) is 11.3 Å². The third-order valence-electron chi connectivity index (χ3n) is 5.58. The van der Waals surface area contributed by atoms with Crippen molar-refractivity contribution in [3.8, 4) is 0 Å². The Balaban J connectivity index is 1.77. The minimum Gasteiger partial charge on any atom is -0.345 e. The van der Waals surface area contributed by atoms with Crippen LogP contribution in [0.1, 0.15) is 28.5 Å². The topological polar surface area (TPSA) is 70.6 Å². The summed E-state index contributed by atoms with van der Waals surface area (Å²) >= 11 is 1.06. The second-order valence-corrected chi connectivity index (χ2v) is 11.3. The predicted octanol–water partition coefficient (Wildman–Crippen LogP) is 4.35. The van der Waals surface area contributed by atoms with Crippen LogP contribution in [0.2, 0.25) is 0 Å². The number of sulfone groups is 1. The first-order chi connectivity index (χ1) is 16.0. The lowest BCUT2D eigenvalue weighted by Gasteiger charge is -2.35. The highest BCUT2D eigenvalue weighted by molar-refractivity contribution is 7.90. The molecule has 3 rings (SSSR count). The second-order valence-electron chi connectivity index (χ2n) is 8.43. The molecule has 2 aromatic rings. The van der Waals surface area contributed by atoms with E-state index in [-0.39, 0.29) is 47.9 Å². The Morgan fingerprint density at radius 3 is 2.29 bits per heavy atom. The maximum absolute atomic E-state index is 13.2. The van der Waals surface area contributed by atoms with Crippen molar-refractivity contribution >= 4 is 32.2 Å². The molecule has 194 valence electrons. The number of piperazine rings is 1. The quantitative estimate of drug-likeness (QED) is 0.507. The van der Waals surface area contributed by atoms with Crippen LogP contribution in [-0.4, -0.2) is 69.0 Å². The smallest absolute Gasteiger partial charge is 0.345 e. The first-order valence-corrected chi connectivity index (χ1v) is 13.3. The molecular weight excluding hydrogens is 520 g/mol. The van der Waals surface area contributed by atoms with E-state index < -0.39 is 46.9 Å². The van der Waals surface area contributed by atoms with Gasteiger partial charge in [0.1, 0.15) is 0 Å². The molecule has 14 heteroatoms. The number of rotatable bonds is 6. The van der Waals surface area contributed by atoms with Crippen molar-refractivity contribution in [2.24, 2.45) is 5.92 Å².